The number of hydrogen-bond acceptors (Lipinski definition) is 5. The van der Waals surface area contributed by atoms with Crippen LogP contribution in [0.2, 0.25) is 0 Å². The van der Waals surface area contributed by atoms with Gasteiger partial charge in [-0.1, -0.05) is 62.8 Å². The van der Waals surface area contributed by atoms with Crippen molar-refractivity contribution in [3.05, 3.63) is 67.6 Å². The number of hydrogen-bond donors (Lipinski definition) is 0. The summed E-state index contributed by atoms with van der Waals surface area (Å²) in [6, 6.07) is 16.3. The van der Waals surface area contributed by atoms with Crippen molar-refractivity contribution in [1.29, 1.82) is 5.26 Å². The molecule has 0 unspecified atom stereocenters. The van der Waals surface area contributed by atoms with Crippen molar-refractivity contribution >= 4 is 51.5 Å². The van der Waals surface area contributed by atoms with Crippen LogP contribution in [0.4, 0.5) is 0 Å². The molecule has 5 nitrogen and oxygen atoms in total. The van der Waals surface area contributed by atoms with Gasteiger partial charge in [0.25, 0.3) is 5.91 Å². The van der Waals surface area contributed by atoms with Crippen LogP contribution in [0.3, 0.4) is 0 Å². The lowest BCUT2D eigenvalue weighted by Crippen LogP contribution is -2.41. The highest BCUT2D eigenvalue weighted by Crippen LogP contribution is 2.39. The fourth-order valence-corrected chi connectivity index (χ4v) is 7.19. The highest BCUT2D eigenvalue weighted by molar-refractivity contribution is 14.1. The predicted octanol–water partition coefficient (Wildman–Crippen LogP) is 7.68. The van der Waals surface area contributed by atoms with Crippen LogP contribution in [0.25, 0.3) is 6.08 Å². The Morgan fingerprint density at radius 2 is 1.78 bits per heavy atom. The van der Waals surface area contributed by atoms with Gasteiger partial charge < -0.3 is 4.74 Å². The zero-order chi connectivity index (χ0) is 25.6. The van der Waals surface area contributed by atoms with E-state index >= 15 is 0 Å². The number of carbonyl (C=O) groups excluding carboxylic acids is 1. The molecule has 37 heavy (non-hydrogen) atoms. The molecule has 3 fully saturated rings. The normalized spacial score (nSPS) is 21.5. The molecule has 1 aliphatic heterocycles. The predicted molar refractivity (Wildman–Crippen MR) is 158 cm³/mol. The van der Waals surface area contributed by atoms with Crippen LogP contribution in [0.15, 0.2) is 52.4 Å². The zero-order valence-electron chi connectivity index (χ0n) is 21.0. The maximum atomic E-state index is 13.6. The molecule has 1 saturated heterocycles. The van der Waals surface area contributed by atoms with Gasteiger partial charge in [-0.15, -0.1) is 0 Å². The average molecular weight is 626 g/mol. The van der Waals surface area contributed by atoms with Gasteiger partial charge in [-0.3, -0.25) is 14.7 Å². The summed E-state index contributed by atoms with van der Waals surface area (Å²) in [6.45, 7) is 0.339. The van der Waals surface area contributed by atoms with E-state index in [1.54, 1.807) is 17.8 Å². The van der Waals surface area contributed by atoms with Crippen LogP contribution < -0.4 is 4.74 Å². The molecule has 3 aliphatic rings. The molecule has 2 saturated carbocycles. The fourth-order valence-electron chi connectivity index (χ4n) is 5.39. The van der Waals surface area contributed by atoms with E-state index in [-0.39, 0.29) is 11.9 Å². The minimum absolute atomic E-state index is 0.106. The van der Waals surface area contributed by atoms with Crippen LogP contribution in [-0.4, -0.2) is 28.1 Å². The summed E-state index contributed by atoms with van der Waals surface area (Å²) in [7, 11) is 0. The van der Waals surface area contributed by atoms with Crippen molar-refractivity contribution in [3.8, 4) is 11.8 Å². The third-order valence-corrected chi connectivity index (χ3v) is 9.26. The molecule has 0 spiro atoms. The van der Waals surface area contributed by atoms with Gasteiger partial charge in [0, 0.05) is 11.6 Å². The van der Waals surface area contributed by atoms with Crippen LogP contribution in [0.1, 0.15) is 80.9 Å². The first-order valence-corrected chi connectivity index (χ1v) is 15.2. The SMILES string of the molecule is N#Cc1ccccc1COc1ccc(C=C2SC(=NC3CCCCC3)N(C3CCCCC3)C2=O)cc1I. The molecular formula is C30H32IN3O2S. The van der Waals surface area contributed by atoms with E-state index in [4.69, 9.17) is 9.73 Å². The van der Waals surface area contributed by atoms with Crippen LogP contribution in [0.5, 0.6) is 5.75 Å². The number of amides is 1. The van der Waals surface area contributed by atoms with Gasteiger partial charge in [-0.2, -0.15) is 5.26 Å². The van der Waals surface area contributed by atoms with Crippen molar-refractivity contribution in [3.63, 3.8) is 0 Å². The van der Waals surface area contributed by atoms with Gasteiger partial charge >= 0.3 is 0 Å². The molecular weight excluding hydrogens is 593 g/mol. The number of rotatable bonds is 6. The first-order valence-electron chi connectivity index (χ1n) is 13.3. The van der Waals surface area contributed by atoms with E-state index in [1.807, 2.05) is 47.4 Å². The molecule has 5 rings (SSSR count). The lowest BCUT2D eigenvalue weighted by atomic mass is 9.94. The van der Waals surface area contributed by atoms with Gasteiger partial charge in [-0.05, 0) is 89.9 Å². The molecule has 0 atom stereocenters. The van der Waals surface area contributed by atoms with E-state index in [1.165, 1.54) is 38.5 Å². The van der Waals surface area contributed by atoms with E-state index < -0.39 is 0 Å². The second-order valence-corrected chi connectivity index (χ2v) is 12.2. The second kappa shape index (κ2) is 12.5. The first kappa shape index (κ1) is 26.3. The summed E-state index contributed by atoms with van der Waals surface area (Å²) < 4.78 is 7.00. The minimum atomic E-state index is 0.106. The van der Waals surface area contributed by atoms with Crippen LogP contribution >= 0.6 is 34.4 Å². The minimum Gasteiger partial charge on any atom is -0.488 e. The van der Waals surface area contributed by atoms with Crippen molar-refractivity contribution in [2.24, 2.45) is 4.99 Å². The van der Waals surface area contributed by atoms with Crippen molar-refractivity contribution < 1.29 is 9.53 Å². The number of thioether (sulfide) groups is 1. The summed E-state index contributed by atoms with van der Waals surface area (Å²) >= 11 is 3.83. The average Bonchev–Trinajstić information content (AvgIpc) is 3.23. The van der Waals surface area contributed by atoms with Gasteiger partial charge in [0.1, 0.15) is 12.4 Å². The Morgan fingerprint density at radius 3 is 2.51 bits per heavy atom. The number of ether oxygens (including phenoxy) is 1. The van der Waals surface area contributed by atoms with Gasteiger partial charge in [-0.25, -0.2) is 0 Å². The Labute approximate surface area is 237 Å². The van der Waals surface area contributed by atoms with Crippen LogP contribution in [0, 0.1) is 14.9 Å². The van der Waals surface area contributed by atoms with E-state index in [9.17, 15) is 10.1 Å². The molecule has 2 aliphatic carbocycles. The quantitative estimate of drug-likeness (QED) is 0.244. The van der Waals surface area contributed by atoms with Gasteiger partial charge in [0.05, 0.1) is 26.1 Å². The van der Waals surface area contributed by atoms with Crippen molar-refractivity contribution in [2.45, 2.75) is 82.9 Å². The summed E-state index contributed by atoms with van der Waals surface area (Å²) in [5.74, 6) is 0.874. The molecule has 1 heterocycles. The largest absolute Gasteiger partial charge is 0.488 e. The number of halogens is 1. The van der Waals surface area contributed by atoms with Crippen LogP contribution in [-0.2, 0) is 11.4 Å². The first-order chi connectivity index (χ1) is 18.1. The maximum absolute atomic E-state index is 13.6. The molecule has 2 aromatic rings. The molecule has 0 radical (unpaired) electrons. The molecule has 2 aromatic carbocycles. The number of nitrogens with zero attached hydrogens (tertiary/aromatic N) is 3. The van der Waals surface area contributed by atoms with E-state index in [0.717, 1.165) is 56.2 Å². The molecule has 0 N–H and O–H groups in total. The monoisotopic (exact) mass is 625 g/mol. The number of carbonyl (C=O) groups is 1. The number of amidine groups is 1. The van der Waals surface area contributed by atoms with E-state index in [2.05, 4.69) is 28.7 Å². The Hall–Kier alpha value is -2.31. The Morgan fingerprint density at radius 1 is 1.05 bits per heavy atom. The van der Waals surface area contributed by atoms with Gasteiger partial charge in [0.2, 0.25) is 0 Å². The van der Waals surface area contributed by atoms with E-state index in [0.29, 0.717) is 18.2 Å². The zero-order valence-corrected chi connectivity index (χ0v) is 24.0. The number of aliphatic imine (C=N–C) groups is 1. The molecule has 1 amide bonds. The molecule has 192 valence electrons. The topological polar surface area (TPSA) is 65.7 Å². The lowest BCUT2D eigenvalue weighted by molar-refractivity contribution is -0.124. The molecule has 7 heteroatoms. The lowest BCUT2D eigenvalue weighted by Gasteiger charge is -2.31. The maximum Gasteiger partial charge on any atom is 0.266 e. The third-order valence-electron chi connectivity index (χ3n) is 7.42. The third kappa shape index (κ3) is 6.40. The summed E-state index contributed by atoms with van der Waals surface area (Å²) in [5.41, 5.74) is 2.48. The number of benzene rings is 2. The molecule has 0 aromatic heterocycles. The second-order valence-electron chi connectivity index (χ2n) is 10.0. The summed E-state index contributed by atoms with van der Waals surface area (Å²) in [4.78, 5) is 21.6. The summed E-state index contributed by atoms with van der Waals surface area (Å²) in [5, 5.41) is 10.2. The Kier molecular flexibility index (Phi) is 8.88. The Bertz CT molecular complexity index is 1240. The number of nitriles is 1. The van der Waals surface area contributed by atoms with Crippen molar-refractivity contribution in [1.82, 2.24) is 4.90 Å². The smallest absolute Gasteiger partial charge is 0.266 e. The fraction of sp³-hybridized carbons (Fsp3) is 0.433. The highest BCUT2D eigenvalue weighted by atomic mass is 127. The summed E-state index contributed by atoms with van der Waals surface area (Å²) in [6.07, 6.45) is 13.8. The molecule has 0 bridgehead atoms. The van der Waals surface area contributed by atoms with Crippen molar-refractivity contribution in [2.75, 3.05) is 0 Å². The Balaban J connectivity index is 1.34. The standard InChI is InChI=1S/C30H32IN3O2S/c31-26-17-21(15-16-27(26)36-20-23-10-8-7-9-22(23)19-32)18-28-29(35)34(25-13-5-2-6-14-25)30(37-28)33-24-11-3-1-4-12-24/h7-10,15-18,24-25H,1-6,11-14,20H2. The highest BCUT2D eigenvalue weighted by Gasteiger charge is 2.39. The van der Waals surface area contributed by atoms with Gasteiger partial charge in [0.15, 0.2) is 5.17 Å².